The molecule has 1 aromatic rings. The first-order valence-electron chi connectivity index (χ1n) is 3.32. The van der Waals surface area contributed by atoms with Gasteiger partial charge in [0.15, 0.2) is 0 Å². The lowest BCUT2D eigenvalue weighted by molar-refractivity contribution is 1.44. The van der Waals surface area contributed by atoms with Crippen molar-refractivity contribution in [3.63, 3.8) is 0 Å². The van der Waals surface area contributed by atoms with Gasteiger partial charge >= 0.3 is 0 Å². The number of rotatable bonds is 1. The fraction of sp³-hybridized carbons (Fsp3) is 0. The molecule has 0 bridgehead atoms. The van der Waals surface area contributed by atoms with E-state index >= 15 is 0 Å². The molecule has 4 heteroatoms. The molecule has 4 N–H and O–H groups in total. The zero-order valence-corrected chi connectivity index (χ0v) is 6.36. The van der Waals surface area contributed by atoms with Crippen molar-refractivity contribution in [2.75, 3.05) is 5.73 Å². The highest BCUT2D eigenvalue weighted by atomic mass is 14.8. The highest BCUT2D eigenvalue weighted by Gasteiger charge is 1.98. The van der Waals surface area contributed by atoms with E-state index in [1.165, 1.54) is 0 Å². The third-order valence-electron chi connectivity index (χ3n) is 1.35. The lowest BCUT2D eigenvalue weighted by Gasteiger charge is -1.97. The molecule has 0 saturated heterocycles. The van der Waals surface area contributed by atoms with Crippen molar-refractivity contribution in [1.82, 2.24) is 0 Å². The molecule has 0 aliphatic rings. The van der Waals surface area contributed by atoms with E-state index in [9.17, 15) is 0 Å². The summed E-state index contributed by atoms with van der Waals surface area (Å²) in [4.78, 5) is 3.79. The van der Waals surface area contributed by atoms with Crippen molar-refractivity contribution in [1.29, 1.82) is 5.26 Å². The van der Waals surface area contributed by atoms with Gasteiger partial charge in [-0.05, 0) is 18.2 Å². The molecular formula is C8H8N4. The largest absolute Gasteiger partial charge is 0.399 e. The second-order valence-corrected chi connectivity index (χ2v) is 2.17. The highest BCUT2D eigenvalue weighted by Crippen LogP contribution is 2.19. The number of nitrogens with two attached hydrogens (primary N) is 2. The molecule has 0 amide bonds. The molecule has 0 aliphatic carbocycles. The quantitative estimate of drug-likeness (QED) is 0.361. The number of hydrogen-bond acceptors (Lipinski definition) is 3. The van der Waals surface area contributed by atoms with Gasteiger partial charge in [-0.2, -0.15) is 5.26 Å². The van der Waals surface area contributed by atoms with E-state index in [0.717, 1.165) is 6.34 Å². The van der Waals surface area contributed by atoms with Crippen molar-refractivity contribution >= 4 is 17.7 Å². The maximum atomic E-state index is 8.65. The van der Waals surface area contributed by atoms with Crippen molar-refractivity contribution in [3.8, 4) is 6.07 Å². The van der Waals surface area contributed by atoms with Gasteiger partial charge in [-0.25, -0.2) is 4.99 Å². The Morgan fingerprint density at radius 3 is 2.83 bits per heavy atom. The Labute approximate surface area is 70.1 Å². The maximum Gasteiger partial charge on any atom is 0.101 e. The first-order chi connectivity index (χ1) is 5.77. The van der Waals surface area contributed by atoms with E-state index in [-0.39, 0.29) is 0 Å². The zero-order chi connectivity index (χ0) is 8.97. The van der Waals surface area contributed by atoms with Gasteiger partial charge in [-0.1, -0.05) is 0 Å². The fourth-order valence-electron chi connectivity index (χ4n) is 0.836. The van der Waals surface area contributed by atoms with E-state index in [2.05, 4.69) is 4.99 Å². The summed E-state index contributed by atoms with van der Waals surface area (Å²) in [5.41, 5.74) is 12.1. The molecule has 4 nitrogen and oxygen atoms in total. The van der Waals surface area contributed by atoms with Crippen LogP contribution in [0.15, 0.2) is 23.2 Å². The minimum absolute atomic E-state index is 0.428. The van der Waals surface area contributed by atoms with Crippen molar-refractivity contribution < 1.29 is 0 Å². The van der Waals surface area contributed by atoms with Gasteiger partial charge in [-0.15, -0.1) is 0 Å². The molecule has 0 atom stereocenters. The van der Waals surface area contributed by atoms with Gasteiger partial charge in [0.2, 0.25) is 0 Å². The molecule has 0 aliphatic heterocycles. The lowest BCUT2D eigenvalue weighted by Crippen LogP contribution is -1.89. The van der Waals surface area contributed by atoms with Crippen LogP contribution in [0.3, 0.4) is 0 Å². The van der Waals surface area contributed by atoms with E-state index in [1.54, 1.807) is 18.2 Å². The molecule has 0 saturated carbocycles. The second kappa shape index (κ2) is 3.39. The average Bonchev–Trinajstić information content (AvgIpc) is 2.08. The highest BCUT2D eigenvalue weighted by molar-refractivity contribution is 5.66. The number of aliphatic imine (C=N–C) groups is 1. The number of nitriles is 1. The Hall–Kier alpha value is -2.02. The van der Waals surface area contributed by atoms with Crippen LogP contribution in [0.25, 0.3) is 0 Å². The van der Waals surface area contributed by atoms with E-state index < -0.39 is 0 Å². The summed E-state index contributed by atoms with van der Waals surface area (Å²) in [6.07, 6.45) is 1.15. The first kappa shape index (κ1) is 8.08. The monoisotopic (exact) mass is 160 g/mol. The smallest absolute Gasteiger partial charge is 0.101 e. The predicted octanol–water partition coefficient (Wildman–Crippen LogP) is 0.759. The van der Waals surface area contributed by atoms with Gasteiger partial charge in [-0.3, -0.25) is 0 Å². The van der Waals surface area contributed by atoms with Crippen LogP contribution in [-0.2, 0) is 0 Å². The molecule has 0 spiro atoms. The maximum absolute atomic E-state index is 8.65. The number of nitrogens with zero attached hydrogens (tertiary/aromatic N) is 2. The van der Waals surface area contributed by atoms with Gasteiger partial charge < -0.3 is 11.5 Å². The van der Waals surface area contributed by atoms with Gasteiger partial charge in [0.1, 0.15) is 6.07 Å². The summed E-state index contributed by atoms with van der Waals surface area (Å²) in [5, 5.41) is 8.65. The Morgan fingerprint density at radius 2 is 2.25 bits per heavy atom. The first-order valence-corrected chi connectivity index (χ1v) is 3.32. The molecular weight excluding hydrogens is 152 g/mol. The Morgan fingerprint density at radius 1 is 1.50 bits per heavy atom. The molecule has 0 heterocycles. The van der Waals surface area contributed by atoms with E-state index in [0.29, 0.717) is 16.9 Å². The van der Waals surface area contributed by atoms with Gasteiger partial charge in [0.25, 0.3) is 0 Å². The van der Waals surface area contributed by atoms with Crippen LogP contribution in [-0.4, -0.2) is 6.34 Å². The molecule has 60 valence electrons. The molecule has 1 aromatic carbocycles. The summed E-state index contributed by atoms with van der Waals surface area (Å²) < 4.78 is 0. The van der Waals surface area contributed by atoms with Crippen LogP contribution in [0.1, 0.15) is 5.56 Å². The van der Waals surface area contributed by atoms with Crippen molar-refractivity contribution in [2.45, 2.75) is 0 Å². The van der Waals surface area contributed by atoms with E-state index in [4.69, 9.17) is 16.7 Å². The summed E-state index contributed by atoms with van der Waals surface area (Å²) >= 11 is 0. The molecule has 0 aromatic heterocycles. The number of nitrogen functional groups attached to an aromatic ring is 1. The molecule has 1 rings (SSSR count). The topological polar surface area (TPSA) is 88.2 Å². The third kappa shape index (κ3) is 1.52. The predicted molar refractivity (Wildman–Crippen MR) is 47.9 cm³/mol. The standard InChI is InChI=1S/C8H8N4/c9-4-6-3-7(11)1-2-8(6)12-5-10/h1-3,5H,11H2,(H2,10,12). The van der Waals surface area contributed by atoms with Crippen LogP contribution in [0, 0.1) is 11.3 Å². The normalized spacial score (nSPS) is 9.92. The van der Waals surface area contributed by atoms with Crippen LogP contribution < -0.4 is 11.5 Å². The SMILES string of the molecule is N#Cc1cc(N)ccc1N=CN. The molecule has 12 heavy (non-hydrogen) atoms. The summed E-state index contributed by atoms with van der Waals surface area (Å²) in [7, 11) is 0. The minimum atomic E-state index is 0.428. The summed E-state index contributed by atoms with van der Waals surface area (Å²) in [5.74, 6) is 0. The Bertz CT molecular complexity index is 349. The van der Waals surface area contributed by atoms with Crippen LogP contribution >= 0.6 is 0 Å². The van der Waals surface area contributed by atoms with Crippen molar-refractivity contribution in [3.05, 3.63) is 23.8 Å². The molecule has 0 fully saturated rings. The number of benzene rings is 1. The Balaban J connectivity index is 3.22. The van der Waals surface area contributed by atoms with Crippen LogP contribution in [0.5, 0.6) is 0 Å². The van der Waals surface area contributed by atoms with Crippen LogP contribution in [0.4, 0.5) is 11.4 Å². The van der Waals surface area contributed by atoms with Crippen LogP contribution in [0.2, 0.25) is 0 Å². The second-order valence-electron chi connectivity index (χ2n) is 2.17. The fourth-order valence-corrected chi connectivity index (χ4v) is 0.836. The summed E-state index contributed by atoms with van der Waals surface area (Å²) in [6.45, 7) is 0. The average molecular weight is 160 g/mol. The van der Waals surface area contributed by atoms with Gasteiger partial charge in [0, 0.05) is 5.69 Å². The van der Waals surface area contributed by atoms with Gasteiger partial charge in [0.05, 0.1) is 17.6 Å². The number of hydrogen-bond donors (Lipinski definition) is 2. The molecule has 0 radical (unpaired) electrons. The Kier molecular flexibility index (Phi) is 2.29. The minimum Gasteiger partial charge on any atom is -0.399 e. The molecule has 0 unspecified atom stereocenters. The lowest BCUT2D eigenvalue weighted by atomic mass is 10.2. The summed E-state index contributed by atoms with van der Waals surface area (Å²) in [6, 6.07) is 6.85. The van der Waals surface area contributed by atoms with Crippen molar-refractivity contribution in [2.24, 2.45) is 10.7 Å². The third-order valence-corrected chi connectivity index (χ3v) is 1.35. The zero-order valence-electron chi connectivity index (χ0n) is 6.36. The van der Waals surface area contributed by atoms with E-state index in [1.807, 2.05) is 6.07 Å². The number of anilines is 1.